The first-order chi connectivity index (χ1) is 13.2. The largest absolute Gasteiger partial charge is 0.416 e. The van der Waals surface area contributed by atoms with Crippen molar-refractivity contribution in [1.29, 1.82) is 0 Å². The third-order valence-corrected chi connectivity index (χ3v) is 3.69. The van der Waals surface area contributed by atoms with Crippen LogP contribution in [-0.2, 0) is 6.18 Å². The highest BCUT2D eigenvalue weighted by Gasteiger charge is 2.30. The van der Waals surface area contributed by atoms with E-state index in [2.05, 4.69) is 15.6 Å². The molecule has 0 fully saturated rings. The van der Waals surface area contributed by atoms with Gasteiger partial charge in [0.25, 0.3) is 5.91 Å². The second-order valence-electron chi connectivity index (χ2n) is 5.71. The van der Waals surface area contributed by atoms with E-state index in [9.17, 15) is 26.7 Å². The molecule has 9 heteroatoms. The standard InChI is InChI=1S/C19H12F5N3O/c20-13-3-6-16(15(21)10-13)27-17-9-11(7-8-25-17)18(28)26-14-4-1-12(2-5-14)19(22,23)24/h1-10H,(H,25,27)(H,26,28). The summed E-state index contributed by atoms with van der Waals surface area (Å²) in [5, 5.41) is 5.09. The van der Waals surface area contributed by atoms with E-state index >= 15 is 0 Å². The molecule has 3 aromatic rings. The molecule has 0 bridgehead atoms. The van der Waals surface area contributed by atoms with Crippen molar-refractivity contribution in [2.45, 2.75) is 6.18 Å². The first-order valence-corrected chi connectivity index (χ1v) is 7.89. The van der Waals surface area contributed by atoms with Crippen molar-refractivity contribution >= 4 is 23.1 Å². The predicted octanol–water partition coefficient (Wildman–Crippen LogP) is 5.37. The van der Waals surface area contributed by atoms with Crippen molar-refractivity contribution in [3.8, 4) is 0 Å². The first-order valence-electron chi connectivity index (χ1n) is 7.89. The summed E-state index contributed by atoms with van der Waals surface area (Å²) in [5.74, 6) is -2.03. The number of rotatable bonds is 4. The lowest BCUT2D eigenvalue weighted by atomic mass is 10.2. The minimum absolute atomic E-state index is 0.0332. The number of nitrogens with one attached hydrogen (secondary N) is 2. The molecule has 1 heterocycles. The Morgan fingerprint density at radius 1 is 0.929 bits per heavy atom. The Hall–Kier alpha value is -3.49. The van der Waals surface area contributed by atoms with Crippen LogP contribution in [0.3, 0.4) is 0 Å². The molecule has 28 heavy (non-hydrogen) atoms. The Balaban J connectivity index is 1.73. The zero-order valence-corrected chi connectivity index (χ0v) is 14.0. The molecule has 0 saturated carbocycles. The van der Waals surface area contributed by atoms with Crippen molar-refractivity contribution in [1.82, 2.24) is 4.98 Å². The van der Waals surface area contributed by atoms with Gasteiger partial charge in [-0.1, -0.05) is 0 Å². The first kappa shape index (κ1) is 19.3. The van der Waals surface area contributed by atoms with Crippen LogP contribution in [0.1, 0.15) is 15.9 Å². The van der Waals surface area contributed by atoms with E-state index in [0.29, 0.717) is 6.07 Å². The number of hydrogen-bond donors (Lipinski definition) is 2. The summed E-state index contributed by atoms with van der Waals surface area (Å²) in [6.07, 6.45) is -3.17. The number of amides is 1. The fourth-order valence-electron chi connectivity index (χ4n) is 2.31. The number of anilines is 3. The molecule has 144 valence electrons. The zero-order chi connectivity index (χ0) is 20.3. The lowest BCUT2D eigenvalue weighted by Crippen LogP contribution is -2.13. The molecular weight excluding hydrogens is 381 g/mol. The Bertz CT molecular complexity index is 1000. The van der Waals surface area contributed by atoms with Gasteiger partial charge >= 0.3 is 6.18 Å². The monoisotopic (exact) mass is 393 g/mol. The van der Waals surface area contributed by atoms with E-state index < -0.39 is 29.3 Å². The molecule has 1 amide bonds. The lowest BCUT2D eigenvalue weighted by molar-refractivity contribution is -0.137. The van der Waals surface area contributed by atoms with Crippen LogP contribution >= 0.6 is 0 Å². The number of benzene rings is 2. The molecule has 0 aliphatic heterocycles. The summed E-state index contributed by atoms with van der Waals surface area (Å²) in [6, 6.07) is 9.62. The summed E-state index contributed by atoms with van der Waals surface area (Å²) >= 11 is 0. The number of aromatic nitrogens is 1. The summed E-state index contributed by atoms with van der Waals surface area (Å²) in [5.41, 5.74) is -0.551. The molecule has 2 aromatic carbocycles. The minimum Gasteiger partial charge on any atom is -0.338 e. The van der Waals surface area contributed by atoms with E-state index in [1.807, 2.05) is 0 Å². The molecular formula is C19H12F5N3O. The quantitative estimate of drug-likeness (QED) is 0.586. The molecule has 0 unspecified atom stereocenters. The van der Waals surface area contributed by atoms with E-state index in [1.54, 1.807) is 0 Å². The van der Waals surface area contributed by atoms with Gasteiger partial charge in [0.05, 0.1) is 11.3 Å². The Kier molecular flexibility index (Phi) is 5.25. The van der Waals surface area contributed by atoms with Gasteiger partial charge in [0.1, 0.15) is 17.5 Å². The van der Waals surface area contributed by atoms with Crippen molar-refractivity contribution in [3.05, 3.63) is 83.6 Å². The van der Waals surface area contributed by atoms with Gasteiger partial charge in [0.15, 0.2) is 0 Å². The van der Waals surface area contributed by atoms with Crippen LogP contribution in [0.2, 0.25) is 0 Å². The molecule has 4 nitrogen and oxygen atoms in total. The molecule has 0 atom stereocenters. The van der Waals surface area contributed by atoms with Gasteiger partial charge in [0.2, 0.25) is 0 Å². The van der Waals surface area contributed by atoms with E-state index in [-0.39, 0.29) is 22.8 Å². The van der Waals surface area contributed by atoms with E-state index in [4.69, 9.17) is 0 Å². The van der Waals surface area contributed by atoms with Gasteiger partial charge < -0.3 is 10.6 Å². The number of carbonyl (C=O) groups is 1. The van der Waals surface area contributed by atoms with Gasteiger partial charge in [0, 0.05) is 23.5 Å². The Morgan fingerprint density at radius 2 is 1.64 bits per heavy atom. The second-order valence-corrected chi connectivity index (χ2v) is 5.71. The van der Waals surface area contributed by atoms with Crippen molar-refractivity contribution in [2.24, 2.45) is 0 Å². The Labute approximate surface area is 156 Å². The average molecular weight is 393 g/mol. The van der Waals surface area contributed by atoms with Crippen LogP contribution in [0.25, 0.3) is 0 Å². The highest BCUT2D eigenvalue weighted by molar-refractivity contribution is 6.04. The van der Waals surface area contributed by atoms with Crippen molar-refractivity contribution in [3.63, 3.8) is 0 Å². The van der Waals surface area contributed by atoms with E-state index in [0.717, 1.165) is 30.3 Å². The summed E-state index contributed by atoms with van der Waals surface area (Å²) in [7, 11) is 0. The number of halogens is 5. The fraction of sp³-hybridized carbons (Fsp3) is 0.0526. The maximum absolute atomic E-state index is 13.7. The minimum atomic E-state index is -4.47. The number of carbonyl (C=O) groups excluding carboxylic acids is 1. The van der Waals surface area contributed by atoms with Gasteiger partial charge in [-0.3, -0.25) is 4.79 Å². The normalized spacial score (nSPS) is 11.2. The lowest BCUT2D eigenvalue weighted by Gasteiger charge is -2.10. The number of pyridine rings is 1. The van der Waals surface area contributed by atoms with Gasteiger partial charge in [-0.15, -0.1) is 0 Å². The van der Waals surface area contributed by atoms with Crippen LogP contribution in [0.15, 0.2) is 60.8 Å². The molecule has 0 aliphatic rings. The molecule has 2 N–H and O–H groups in total. The highest BCUT2D eigenvalue weighted by atomic mass is 19.4. The topological polar surface area (TPSA) is 54.0 Å². The van der Waals surface area contributed by atoms with Crippen LogP contribution in [0, 0.1) is 11.6 Å². The number of nitrogens with zero attached hydrogens (tertiary/aromatic N) is 1. The third kappa shape index (κ3) is 4.61. The van der Waals surface area contributed by atoms with Crippen molar-refractivity contribution < 1.29 is 26.7 Å². The summed E-state index contributed by atoms with van der Waals surface area (Å²) in [4.78, 5) is 16.2. The predicted molar refractivity (Wildman–Crippen MR) is 93.3 cm³/mol. The average Bonchev–Trinajstić information content (AvgIpc) is 2.64. The van der Waals surface area contributed by atoms with Crippen LogP contribution < -0.4 is 10.6 Å². The number of hydrogen-bond acceptors (Lipinski definition) is 3. The van der Waals surface area contributed by atoms with Crippen LogP contribution in [-0.4, -0.2) is 10.9 Å². The van der Waals surface area contributed by atoms with Gasteiger partial charge in [-0.2, -0.15) is 13.2 Å². The third-order valence-electron chi connectivity index (χ3n) is 3.69. The Morgan fingerprint density at radius 3 is 2.29 bits per heavy atom. The van der Waals surface area contributed by atoms with Crippen molar-refractivity contribution in [2.75, 3.05) is 10.6 Å². The number of alkyl halides is 3. The second kappa shape index (κ2) is 7.63. The van der Waals surface area contributed by atoms with Gasteiger partial charge in [-0.05, 0) is 48.5 Å². The molecule has 0 spiro atoms. The smallest absolute Gasteiger partial charge is 0.338 e. The van der Waals surface area contributed by atoms with Gasteiger partial charge in [-0.25, -0.2) is 13.8 Å². The highest BCUT2D eigenvalue weighted by Crippen LogP contribution is 2.30. The van der Waals surface area contributed by atoms with E-state index in [1.165, 1.54) is 24.4 Å². The molecule has 3 rings (SSSR count). The summed E-state index contributed by atoms with van der Waals surface area (Å²) in [6.45, 7) is 0. The maximum atomic E-state index is 13.7. The van der Waals surface area contributed by atoms with Crippen LogP contribution in [0.4, 0.5) is 39.1 Å². The SMILES string of the molecule is O=C(Nc1ccc(C(F)(F)F)cc1)c1ccnc(Nc2ccc(F)cc2F)c1. The molecule has 0 aliphatic carbocycles. The molecule has 0 radical (unpaired) electrons. The molecule has 1 aromatic heterocycles. The fourth-order valence-corrected chi connectivity index (χ4v) is 2.31. The summed E-state index contributed by atoms with van der Waals surface area (Å²) < 4.78 is 64.4. The zero-order valence-electron chi connectivity index (χ0n) is 14.0. The molecule has 0 saturated heterocycles. The van der Waals surface area contributed by atoms with Crippen LogP contribution in [0.5, 0.6) is 0 Å². The maximum Gasteiger partial charge on any atom is 0.416 e.